The fourth-order valence-corrected chi connectivity index (χ4v) is 1.66. The lowest BCUT2D eigenvalue weighted by molar-refractivity contribution is -0.119. The molecule has 1 rings (SSSR count). The standard InChI is InChI=1S/C13H21N3O2/c1-4-7-16(9-13(18)14-3)12-8-11(10(2)17)5-6-15-12/h5-6,8,10,17H,4,7,9H2,1-3H3,(H,14,18)/t10-/m1/s1. The number of hydrogen-bond donors (Lipinski definition) is 2. The van der Waals surface area contributed by atoms with Crippen LogP contribution in [-0.2, 0) is 4.79 Å². The molecule has 2 N–H and O–H groups in total. The Labute approximate surface area is 108 Å². The third-order valence-electron chi connectivity index (χ3n) is 2.68. The zero-order valence-corrected chi connectivity index (χ0v) is 11.2. The van der Waals surface area contributed by atoms with E-state index in [1.807, 2.05) is 11.0 Å². The van der Waals surface area contributed by atoms with Gasteiger partial charge < -0.3 is 15.3 Å². The van der Waals surface area contributed by atoms with E-state index in [2.05, 4.69) is 17.2 Å². The van der Waals surface area contributed by atoms with Gasteiger partial charge >= 0.3 is 0 Å². The summed E-state index contributed by atoms with van der Waals surface area (Å²) in [6.07, 6.45) is 2.05. The number of rotatable bonds is 6. The van der Waals surface area contributed by atoms with Gasteiger partial charge in [-0.15, -0.1) is 0 Å². The van der Waals surface area contributed by atoms with Crippen LogP contribution in [0.3, 0.4) is 0 Å². The number of likely N-dealkylation sites (N-methyl/N-ethyl adjacent to an activating group) is 1. The number of aliphatic hydroxyl groups is 1. The van der Waals surface area contributed by atoms with Gasteiger partial charge in [0, 0.05) is 19.8 Å². The van der Waals surface area contributed by atoms with E-state index in [1.165, 1.54) is 0 Å². The summed E-state index contributed by atoms with van der Waals surface area (Å²) in [5.74, 6) is 0.673. The SMILES string of the molecule is CCCN(CC(=O)NC)c1cc([C@@H](C)O)ccn1. The molecule has 0 saturated heterocycles. The lowest BCUT2D eigenvalue weighted by atomic mass is 10.1. The average molecular weight is 251 g/mol. The summed E-state index contributed by atoms with van der Waals surface area (Å²) in [5.41, 5.74) is 0.804. The molecular formula is C13H21N3O2. The highest BCUT2D eigenvalue weighted by Gasteiger charge is 2.12. The third kappa shape index (κ3) is 4.00. The molecule has 0 saturated carbocycles. The first-order chi connectivity index (χ1) is 8.58. The highest BCUT2D eigenvalue weighted by atomic mass is 16.3. The van der Waals surface area contributed by atoms with Gasteiger partial charge in [-0.3, -0.25) is 4.79 Å². The molecule has 18 heavy (non-hydrogen) atoms. The molecule has 0 spiro atoms. The van der Waals surface area contributed by atoms with Crippen molar-refractivity contribution in [2.24, 2.45) is 0 Å². The van der Waals surface area contributed by atoms with Crippen molar-refractivity contribution in [1.82, 2.24) is 10.3 Å². The summed E-state index contributed by atoms with van der Waals surface area (Å²) in [4.78, 5) is 17.6. The van der Waals surface area contributed by atoms with Crippen LogP contribution in [-0.4, -0.2) is 36.1 Å². The monoisotopic (exact) mass is 251 g/mol. The second-order valence-electron chi connectivity index (χ2n) is 4.22. The van der Waals surface area contributed by atoms with Crippen molar-refractivity contribution in [3.8, 4) is 0 Å². The van der Waals surface area contributed by atoms with Gasteiger partial charge in [0.25, 0.3) is 0 Å². The van der Waals surface area contributed by atoms with E-state index in [1.54, 1.807) is 26.2 Å². The third-order valence-corrected chi connectivity index (χ3v) is 2.68. The second-order valence-corrected chi connectivity index (χ2v) is 4.22. The Balaban J connectivity index is 2.90. The summed E-state index contributed by atoms with van der Waals surface area (Å²) in [6, 6.07) is 3.60. The summed E-state index contributed by atoms with van der Waals surface area (Å²) < 4.78 is 0. The van der Waals surface area contributed by atoms with Crippen LogP contribution in [0.4, 0.5) is 5.82 Å². The molecule has 0 aliphatic rings. The van der Waals surface area contributed by atoms with Gasteiger partial charge in [0.1, 0.15) is 5.82 Å². The molecule has 1 atom stereocenters. The lowest BCUT2D eigenvalue weighted by Gasteiger charge is -2.23. The van der Waals surface area contributed by atoms with Crippen molar-refractivity contribution in [3.05, 3.63) is 23.9 Å². The Hall–Kier alpha value is -1.62. The molecule has 0 radical (unpaired) electrons. The van der Waals surface area contributed by atoms with Crippen LogP contribution in [0.25, 0.3) is 0 Å². The Morgan fingerprint density at radius 2 is 2.33 bits per heavy atom. The van der Waals surface area contributed by atoms with Crippen LogP contribution in [0.1, 0.15) is 31.9 Å². The van der Waals surface area contributed by atoms with E-state index in [4.69, 9.17) is 0 Å². The van der Waals surface area contributed by atoms with E-state index in [0.717, 1.165) is 24.3 Å². The van der Waals surface area contributed by atoms with Gasteiger partial charge in [-0.1, -0.05) is 6.92 Å². The van der Waals surface area contributed by atoms with Crippen molar-refractivity contribution >= 4 is 11.7 Å². The summed E-state index contributed by atoms with van der Waals surface area (Å²) in [7, 11) is 1.62. The van der Waals surface area contributed by atoms with Gasteiger partial charge in [0.2, 0.25) is 5.91 Å². The van der Waals surface area contributed by atoms with Gasteiger partial charge in [0.05, 0.1) is 12.6 Å². The molecule has 1 aromatic rings. The number of carbonyl (C=O) groups excluding carboxylic acids is 1. The summed E-state index contributed by atoms with van der Waals surface area (Å²) in [5, 5.41) is 12.2. The maximum atomic E-state index is 11.5. The molecule has 5 heteroatoms. The first kappa shape index (κ1) is 14.4. The first-order valence-corrected chi connectivity index (χ1v) is 6.18. The normalized spacial score (nSPS) is 12.0. The minimum Gasteiger partial charge on any atom is -0.389 e. The minimum absolute atomic E-state index is 0.0484. The van der Waals surface area contributed by atoms with Crippen LogP contribution in [0, 0.1) is 0 Å². The van der Waals surface area contributed by atoms with E-state index < -0.39 is 6.10 Å². The molecule has 0 unspecified atom stereocenters. The zero-order valence-electron chi connectivity index (χ0n) is 11.2. The van der Waals surface area contributed by atoms with Crippen LogP contribution >= 0.6 is 0 Å². The van der Waals surface area contributed by atoms with Gasteiger partial charge in [-0.2, -0.15) is 0 Å². The average Bonchev–Trinajstić information content (AvgIpc) is 2.38. The van der Waals surface area contributed by atoms with Crippen molar-refractivity contribution in [1.29, 1.82) is 0 Å². The molecule has 0 aromatic carbocycles. The number of hydrogen-bond acceptors (Lipinski definition) is 4. The number of nitrogens with one attached hydrogen (secondary N) is 1. The number of aromatic nitrogens is 1. The number of carbonyl (C=O) groups is 1. The molecule has 0 aliphatic heterocycles. The minimum atomic E-state index is -0.532. The Bertz CT molecular complexity index is 394. The van der Waals surface area contributed by atoms with Gasteiger partial charge in [-0.25, -0.2) is 4.98 Å². The van der Waals surface area contributed by atoms with E-state index >= 15 is 0 Å². The maximum absolute atomic E-state index is 11.5. The lowest BCUT2D eigenvalue weighted by Crippen LogP contribution is -2.36. The van der Waals surface area contributed by atoms with Crippen molar-refractivity contribution in [2.75, 3.05) is 25.0 Å². The molecule has 0 aliphatic carbocycles. The van der Waals surface area contributed by atoms with E-state index in [-0.39, 0.29) is 12.5 Å². The molecular weight excluding hydrogens is 230 g/mol. The predicted octanol–water partition coefficient (Wildman–Crippen LogP) is 1.10. The highest BCUT2D eigenvalue weighted by molar-refractivity contribution is 5.80. The zero-order chi connectivity index (χ0) is 13.5. The summed E-state index contributed by atoms with van der Waals surface area (Å²) >= 11 is 0. The molecule has 5 nitrogen and oxygen atoms in total. The van der Waals surface area contributed by atoms with Crippen LogP contribution < -0.4 is 10.2 Å². The second kappa shape index (κ2) is 6.96. The predicted molar refractivity (Wildman–Crippen MR) is 71.4 cm³/mol. The fraction of sp³-hybridized carbons (Fsp3) is 0.538. The number of amides is 1. The van der Waals surface area contributed by atoms with Crippen LogP contribution in [0.15, 0.2) is 18.3 Å². The van der Waals surface area contributed by atoms with Crippen LogP contribution in [0.5, 0.6) is 0 Å². The van der Waals surface area contributed by atoms with Gasteiger partial charge in [-0.05, 0) is 31.0 Å². The first-order valence-electron chi connectivity index (χ1n) is 6.18. The molecule has 1 heterocycles. The van der Waals surface area contributed by atoms with Gasteiger partial charge in [0.15, 0.2) is 0 Å². The van der Waals surface area contributed by atoms with Crippen molar-refractivity contribution in [3.63, 3.8) is 0 Å². The summed E-state index contributed by atoms with van der Waals surface area (Å²) in [6.45, 7) is 4.79. The van der Waals surface area contributed by atoms with Crippen molar-refractivity contribution in [2.45, 2.75) is 26.4 Å². The Kier molecular flexibility index (Phi) is 5.58. The molecule has 1 amide bonds. The molecule has 0 bridgehead atoms. The number of nitrogens with zero attached hydrogens (tertiary/aromatic N) is 2. The Morgan fingerprint density at radius 3 is 2.89 bits per heavy atom. The largest absolute Gasteiger partial charge is 0.389 e. The topological polar surface area (TPSA) is 65.5 Å². The smallest absolute Gasteiger partial charge is 0.239 e. The van der Waals surface area contributed by atoms with E-state index in [9.17, 15) is 9.90 Å². The molecule has 100 valence electrons. The molecule has 1 aromatic heterocycles. The number of pyridine rings is 1. The highest BCUT2D eigenvalue weighted by Crippen LogP contribution is 2.18. The Morgan fingerprint density at radius 1 is 1.61 bits per heavy atom. The van der Waals surface area contributed by atoms with E-state index in [0.29, 0.717) is 0 Å². The number of aliphatic hydroxyl groups excluding tert-OH is 1. The fourth-order valence-electron chi connectivity index (χ4n) is 1.66. The van der Waals surface area contributed by atoms with Crippen LogP contribution in [0.2, 0.25) is 0 Å². The number of anilines is 1. The van der Waals surface area contributed by atoms with Crippen molar-refractivity contribution < 1.29 is 9.90 Å². The quantitative estimate of drug-likeness (QED) is 0.794. The molecule has 0 fully saturated rings. The maximum Gasteiger partial charge on any atom is 0.239 e.